The molecule has 110 valence electrons. The Bertz CT molecular complexity index is 505. The summed E-state index contributed by atoms with van der Waals surface area (Å²) in [6, 6.07) is 5.31. The van der Waals surface area contributed by atoms with Gasteiger partial charge in [-0.05, 0) is 38.5 Å². The van der Waals surface area contributed by atoms with Crippen LogP contribution in [-0.2, 0) is 4.79 Å². The molecule has 1 aromatic rings. The van der Waals surface area contributed by atoms with Crippen LogP contribution in [0.2, 0.25) is 10.0 Å². The van der Waals surface area contributed by atoms with Gasteiger partial charge < -0.3 is 5.11 Å². The highest BCUT2D eigenvalue weighted by molar-refractivity contribution is 6.36. The average Bonchev–Trinajstić information content (AvgIpc) is 2.73. The second-order valence-electron chi connectivity index (χ2n) is 6.26. The van der Waals surface area contributed by atoms with Crippen molar-refractivity contribution in [2.24, 2.45) is 5.92 Å². The van der Waals surface area contributed by atoms with Gasteiger partial charge in [-0.15, -0.1) is 0 Å². The van der Waals surface area contributed by atoms with Gasteiger partial charge in [-0.2, -0.15) is 0 Å². The van der Waals surface area contributed by atoms with Crippen molar-refractivity contribution in [3.63, 3.8) is 0 Å². The number of rotatable bonds is 2. The van der Waals surface area contributed by atoms with E-state index in [9.17, 15) is 9.90 Å². The fourth-order valence-corrected chi connectivity index (χ4v) is 3.44. The molecule has 2 atom stereocenters. The van der Waals surface area contributed by atoms with Crippen molar-refractivity contribution in [1.29, 1.82) is 0 Å². The Balaban J connectivity index is 2.41. The molecular formula is C15H19Cl2NO2. The normalized spacial score (nSPS) is 24.1. The average molecular weight is 316 g/mol. The van der Waals surface area contributed by atoms with E-state index in [-0.39, 0.29) is 11.5 Å². The van der Waals surface area contributed by atoms with E-state index in [4.69, 9.17) is 23.2 Å². The van der Waals surface area contributed by atoms with E-state index >= 15 is 0 Å². The minimum absolute atomic E-state index is 0.0732. The fourth-order valence-electron chi connectivity index (χ4n) is 2.76. The summed E-state index contributed by atoms with van der Waals surface area (Å²) in [4.78, 5) is 13.7. The quantitative estimate of drug-likeness (QED) is 0.900. The molecule has 0 unspecified atom stereocenters. The first kappa shape index (κ1) is 15.6. The lowest BCUT2D eigenvalue weighted by atomic mass is 9.89. The molecule has 0 radical (unpaired) electrons. The van der Waals surface area contributed by atoms with E-state index in [0.717, 1.165) is 5.56 Å². The number of likely N-dealkylation sites (tertiary alicyclic amines) is 1. The monoisotopic (exact) mass is 315 g/mol. The molecule has 2 rings (SSSR count). The van der Waals surface area contributed by atoms with Crippen molar-refractivity contribution in [1.82, 2.24) is 4.90 Å². The van der Waals surface area contributed by atoms with Crippen LogP contribution in [0, 0.1) is 5.92 Å². The van der Waals surface area contributed by atoms with Crippen molar-refractivity contribution in [3.05, 3.63) is 33.8 Å². The van der Waals surface area contributed by atoms with Crippen LogP contribution in [-0.4, -0.2) is 34.6 Å². The zero-order chi connectivity index (χ0) is 15.1. The van der Waals surface area contributed by atoms with Crippen LogP contribution < -0.4 is 0 Å². The van der Waals surface area contributed by atoms with E-state index < -0.39 is 11.9 Å². The highest BCUT2D eigenvalue weighted by Crippen LogP contribution is 2.42. The lowest BCUT2D eigenvalue weighted by molar-refractivity contribution is -0.141. The van der Waals surface area contributed by atoms with Gasteiger partial charge in [0, 0.05) is 34.6 Å². The number of nitrogens with zero attached hydrogens (tertiary/aromatic N) is 1. The topological polar surface area (TPSA) is 40.5 Å². The second kappa shape index (κ2) is 5.55. The van der Waals surface area contributed by atoms with E-state index in [1.165, 1.54) is 0 Å². The number of carboxylic acid groups (broad SMARTS) is 1. The summed E-state index contributed by atoms with van der Waals surface area (Å²) in [6.07, 6.45) is 0. The summed E-state index contributed by atoms with van der Waals surface area (Å²) in [5, 5.41) is 10.6. The summed E-state index contributed by atoms with van der Waals surface area (Å²) in [7, 11) is 0. The molecule has 1 aliphatic heterocycles. The molecule has 0 amide bonds. The van der Waals surface area contributed by atoms with Gasteiger partial charge in [-0.1, -0.05) is 29.3 Å². The maximum absolute atomic E-state index is 11.6. The molecule has 5 heteroatoms. The Morgan fingerprint density at radius 2 is 1.80 bits per heavy atom. The Morgan fingerprint density at radius 3 is 2.25 bits per heavy atom. The molecule has 1 heterocycles. The van der Waals surface area contributed by atoms with Crippen LogP contribution in [0.1, 0.15) is 32.3 Å². The lowest BCUT2D eigenvalue weighted by Gasteiger charge is -2.31. The molecule has 0 bridgehead atoms. The van der Waals surface area contributed by atoms with Gasteiger partial charge in [-0.25, -0.2) is 0 Å². The zero-order valence-electron chi connectivity index (χ0n) is 11.9. The molecule has 0 aliphatic carbocycles. The van der Waals surface area contributed by atoms with E-state index in [1.807, 2.05) is 0 Å². The van der Waals surface area contributed by atoms with E-state index in [1.54, 1.807) is 18.2 Å². The summed E-state index contributed by atoms with van der Waals surface area (Å²) < 4.78 is 0. The molecule has 1 N–H and O–H groups in total. The molecule has 3 nitrogen and oxygen atoms in total. The van der Waals surface area contributed by atoms with E-state index in [2.05, 4.69) is 25.7 Å². The Hall–Kier alpha value is -0.770. The smallest absolute Gasteiger partial charge is 0.308 e. The molecular weight excluding hydrogens is 297 g/mol. The molecule has 1 aromatic carbocycles. The molecule has 1 fully saturated rings. The maximum Gasteiger partial charge on any atom is 0.308 e. The summed E-state index contributed by atoms with van der Waals surface area (Å²) in [5.41, 5.74) is 0.686. The summed E-state index contributed by atoms with van der Waals surface area (Å²) in [6.45, 7) is 7.43. The van der Waals surface area contributed by atoms with Crippen molar-refractivity contribution in [2.75, 3.05) is 13.1 Å². The number of benzene rings is 1. The predicted octanol–water partition coefficient (Wildman–Crippen LogP) is 3.89. The van der Waals surface area contributed by atoms with Crippen LogP contribution in [0.15, 0.2) is 18.2 Å². The van der Waals surface area contributed by atoms with Crippen molar-refractivity contribution < 1.29 is 9.90 Å². The fraction of sp³-hybridized carbons (Fsp3) is 0.533. The van der Waals surface area contributed by atoms with Crippen LogP contribution >= 0.6 is 23.2 Å². The van der Waals surface area contributed by atoms with Crippen molar-refractivity contribution >= 4 is 29.2 Å². The largest absolute Gasteiger partial charge is 0.481 e. The van der Waals surface area contributed by atoms with Gasteiger partial charge in [0.15, 0.2) is 0 Å². The Labute approximate surface area is 129 Å². The first-order valence-corrected chi connectivity index (χ1v) is 7.39. The van der Waals surface area contributed by atoms with Gasteiger partial charge >= 0.3 is 5.97 Å². The highest BCUT2D eigenvalue weighted by atomic mass is 35.5. The van der Waals surface area contributed by atoms with Gasteiger partial charge in [-0.3, -0.25) is 9.69 Å². The third-order valence-corrected chi connectivity index (χ3v) is 4.62. The minimum Gasteiger partial charge on any atom is -0.481 e. The maximum atomic E-state index is 11.6. The Kier molecular flexibility index (Phi) is 4.33. The van der Waals surface area contributed by atoms with Gasteiger partial charge in [0.05, 0.1) is 5.92 Å². The van der Waals surface area contributed by atoms with Gasteiger partial charge in [0.1, 0.15) is 0 Å². The van der Waals surface area contributed by atoms with Gasteiger partial charge in [0.2, 0.25) is 0 Å². The molecule has 0 aromatic heterocycles. The molecule has 20 heavy (non-hydrogen) atoms. The van der Waals surface area contributed by atoms with Crippen LogP contribution in [0.4, 0.5) is 0 Å². The second-order valence-corrected chi connectivity index (χ2v) is 7.08. The molecule has 1 aliphatic rings. The zero-order valence-corrected chi connectivity index (χ0v) is 13.4. The number of hydrogen-bond donors (Lipinski definition) is 1. The minimum atomic E-state index is -0.794. The number of hydrogen-bond acceptors (Lipinski definition) is 2. The summed E-state index contributed by atoms with van der Waals surface area (Å²) >= 11 is 12.5. The third-order valence-electron chi connectivity index (χ3n) is 3.96. The molecule has 0 saturated carbocycles. The molecule has 1 saturated heterocycles. The van der Waals surface area contributed by atoms with Crippen molar-refractivity contribution in [3.8, 4) is 0 Å². The number of aliphatic carboxylic acids is 1. The Morgan fingerprint density at radius 1 is 1.25 bits per heavy atom. The highest BCUT2D eigenvalue weighted by Gasteiger charge is 2.43. The molecule has 0 spiro atoms. The van der Waals surface area contributed by atoms with Gasteiger partial charge in [0.25, 0.3) is 0 Å². The number of carboxylic acids is 1. The number of carbonyl (C=O) groups is 1. The van der Waals surface area contributed by atoms with Crippen LogP contribution in [0.3, 0.4) is 0 Å². The SMILES string of the molecule is CC(C)(C)N1C[C@@H](C(=O)O)[C@H](c2c(Cl)cccc2Cl)C1. The van der Waals surface area contributed by atoms with E-state index in [0.29, 0.717) is 23.1 Å². The third kappa shape index (κ3) is 2.95. The van der Waals surface area contributed by atoms with Crippen LogP contribution in [0.5, 0.6) is 0 Å². The van der Waals surface area contributed by atoms with Crippen LogP contribution in [0.25, 0.3) is 0 Å². The first-order chi connectivity index (χ1) is 9.21. The standard InChI is InChI=1S/C15H19Cl2NO2/c1-15(2,3)18-7-9(10(8-18)14(19)20)13-11(16)5-4-6-12(13)17/h4-6,9-10H,7-8H2,1-3H3,(H,19,20)/t9-,10-/m1/s1. The first-order valence-electron chi connectivity index (χ1n) is 6.63. The predicted molar refractivity (Wildman–Crippen MR) is 81.7 cm³/mol. The number of halogens is 2. The lowest BCUT2D eigenvalue weighted by Crippen LogP contribution is -2.40. The van der Waals surface area contributed by atoms with Crippen molar-refractivity contribution in [2.45, 2.75) is 32.2 Å². The summed E-state index contributed by atoms with van der Waals surface area (Å²) in [5.74, 6) is -1.45.